The van der Waals surface area contributed by atoms with Crippen molar-refractivity contribution < 1.29 is 0 Å². The Balaban J connectivity index is 0.000000697. The molecule has 1 rings (SSSR count). The Morgan fingerprint density at radius 2 is 1.64 bits per heavy atom. The summed E-state index contributed by atoms with van der Waals surface area (Å²) in [4.78, 5) is 0. The first-order valence-electron chi connectivity index (χ1n) is 8.96. The lowest BCUT2D eigenvalue weighted by molar-refractivity contribution is 0.658. The number of benzene rings is 1. The predicted molar refractivity (Wildman–Crippen MR) is 116 cm³/mol. The van der Waals surface area contributed by atoms with Crippen molar-refractivity contribution in [3.63, 3.8) is 0 Å². The SMILES string of the molecule is C=C(C)CCCCCNC(=C)c1ccc(C)cc1.C=C/C=C(/C)C=C. The summed E-state index contributed by atoms with van der Waals surface area (Å²) in [6.07, 6.45) is 10.3. The molecule has 0 spiro atoms. The number of nitrogens with one attached hydrogen (secondary N) is 1. The van der Waals surface area contributed by atoms with Gasteiger partial charge in [0.2, 0.25) is 0 Å². The van der Waals surface area contributed by atoms with E-state index < -0.39 is 0 Å². The maximum Gasteiger partial charge on any atom is 0.0340 e. The largest absolute Gasteiger partial charge is 0.385 e. The molecule has 0 fully saturated rings. The van der Waals surface area contributed by atoms with Crippen LogP contribution in [0.5, 0.6) is 0 Å². The van der Waals surface area contributed by atoms with Gasteiger partial charge >= 0.3 is 0 Å². The molecule has 1 heteroatoms. The van der Waals surface area contributed by atoms with Crippen LogP contribution in [-0.4, -0.2) is 6.54 Å². The van der Waals surface area contributed by atoms with Gasteiger partial charge in [0, 0.05) is 12.2 Å². The van der Waals surface area contributed by atoms with Crippen molar-refractivity contribution in [2.45, 2.75) is 46.5 Å². The lowest BCUT2D eigenvalue weighted by Crippen LogP contribution is -2.12. The van der Waals surface area contributed by atoms with E-state index in [1.807, 2.05) is 13.0 Å². The molecule has 0 aliphatic rings. The predicted octanol–water partition coefficient (Wildman–Crippen LogP) is 7.00. The van der Waals surface area contributed by atoms with Crippen LogP contribution in [0.15, 0.2) is 80.0 Å². The molecule has 0 radical (unpaired) electrons. The Morgan fingerprint density at radius 3 is 2.12 bits per heavy atom. The molecule has 0 atom stereocenters. The van der Waals surface area contributed by atoms with Crippen LogP contribution in [0.25, 0.3) is 5.70 Å². The standard InChI is InChI=1S/C17H25N.C7H10/c1-14(2)8-6-5-7-13-18-16(4)17-11-9-15(3)10-12-17;1-4-6-7(3)5-2/h9-12,18H,1,4-8,13H2,2-3H3;4-6H,1-2H2,3H3/b;7-6-. The van der Waals surface area contributed by atoms with Gasteiger partial charge in [-0.3, -0.25) is 0 Å². The van der Waals surface area contributed by atoms with Gasteiger partial charge in [0.15, 0.2) is 0 Å². The van der Waals surface area contributed by atoms with E-state index in [4.69, 9.17) is 0 Å². The molecule has 1 aromatic carbocycles. The Kier molecular flexibility index (Phi) is 12.8. The van der Waals surface area contributed by atoms with Crippen LogP contribution in [0.2, 0.25) is 0 Å². The molecule has 0 aliphatic heterocycles. The lowest BCUT2D eigenvalue weighted by atomic mass is 10.1. The fourth-order valence-electron chi connectivity index (χ4n) is 2.08. The zero-order valence-corrected chi connectivity index (χ0v) is 16.4. The van der Waals surface area contributed by atoms with E-state index >= 15 is 0 Å². The molecule has 25 heavy (non-hydrogen) atoms. The van der Waals surface area contributed by atoms with Crippen LogP contribution in [0.4, 0.5) is 0 Å². The van der Waals surface area contributed by atoms with Gasteiger partial charge in [0.25, 0.3) is 0 Å². The Bertz CT molecular complexity index is 573. The summed E-state index contributed by atoms with van der Waals surface area (Å²) in [7, 11) is 0. The molecule has 1 N–H and O–H groups in total. The Labute approximate surface area is 155 Å². The van der Waals surface area contributed by atoms with Gasteiger partial charge in [-0.2, -0.15) is 0 Å². The Hall–Kier alpha value is -2.28. The average Bonchev–Trinajstić information content (AvgIpc) is 2.59. The molecule has 0 saturated carbocycles. The van der Waals surface area contributed by atoms with E-state index in [0.717, 1.165) is 24.2 Å². The lowest BCUT2D eigenvalue weighted by Gasteiger charge is -2.10. The maximum absolute atomic E-state index is 4.08. The number of allylic oxidation sites excluding steroid dienone is 5. The van der Waals surface area contributed by atoms with Crippen LogP contribution in [-0.2, 0) is 0 Å². The number of hydrogen-bond donors (Lipinski definition) is 1. The third kappa shape index (κ3) is 12.8. The summed E-state index contributed by atoms with van der Waals surface area (Å²) < 4.78 is 0. The minimum atomic E-state index is 1.00. The first-order chi connectivity index (χ1) is 11.9. The zero-order chi connectivity index (χ0) is 19.1. The minimum Gasteiger partial charge on any atom is -0.385 e. The number of rotatable bonds is 10. The van der Waals surface area contributed by atoms with E-state index in [9.17, 15) is 0 Å². The van der Waals surface area contributed by atoms with Gasteiger partial charge in [0.05, 0.1) is 0 Å². The highest BCUT2D eigenvalue weighted by Crippen LogP contribution is 2.11. The van der Waals surface area contributed by atoms with E-state index in [0.29, 0.717) is 0 Å². The van der Waals surface area contributed by atoms with Crippen molar-refractivity contribution in [3.05, 3.63) is 91.1 Å². The number of hydrogen-bond acceptors (Lipinski definition) is 1. The topological polar surface area (TPSA) is 12.0 Å². The fourth-order valence-corrected chi connectivity index (χ4v) is 2.08. The van der Waals surface area contributed by atoms with Gasteiger partial charge in [-0.1, -0.05) is 85.4 Å². The van der Waals surface area contributed by atoms with Crippen LogP contribution in [0.3, 0.4) is 0 Å². The molecule has 0 bridgehead atoms. The second-order valence-corrected chi connectivity index (χ2v) is 6.39. The fraction of sp³-hybridized carbons (Fsp3) is 0.333. The summed E-state index contributed by atoms with van der Waals surface area (Å²) in [6, 6.07) is 8.47. The summed E-state index contributed by atoms with van der Waals surface area (Å²) in [5.74, 6) is 0. The van der Waals surface area contributed by atoms with Crippen molar-refractivity contribution in [2.24, 2.45) is 0 Å². The van der Waals surface area contributed by atoms with E-state index in [2.05, 4.69) is 69.7 Å². The molecular formula is C24H35N. The van der Waals surface area contributed by atoms with Gasteiger partial charge in [-0.15, -0.1) is 6.58 Å². The third-order valence-electron chi connectivity index (χ3n) is 3.72. The van der Waals surface area contributed by atoms with Crippen LogP contribution in [0.1, 0.15) is 50.7 Å². The summed E-state index contributed by atoms with van der Waals surface area (Å²) >= 11 is 0. The van der Waals surface area contributed by atoms with E-state index in [-0.39, 0.29) is 0 Å². The molecule has 0 saturated heterocycles. The van der Waals surface area contributed by atoms with Crippen molar-refractivity contribution in [3.8, 4) is 0 Å². The molecule has 1 nitrogen and oxygen atoms in total. The highest BCUT2D eigenvalue weighted by atomic mass is 14.9. The highest BCUT2D eigenvalue weighted by molar-refractivity contribution is 5.61. The summed E-state index contributed by atoms with van der Waals surface area (Å²) in [6.45, 7) is 22.3. The molecule has 1 aromatic rings. The minimum absolute atomic E-state index is 1.00. The molecular weight excluding hydrogens is 302 g/mol. The van der Waals surface area contributed by atoms with Crippen LogP contribution in [0, 0.1) is 6.92 Å². The first kappa shape index (κ1) is 22.7. The summed E-state index contributed by atoms with van der Waals surface area (Å²) in [5, 5.41) is 3.39. The third-order valence-corrected chi connectivity index (χ3v) is 3.72. The zero-order valence-electron chi connectivity index (χ0n) is 16.4. The molecule has 0 aliphatic carbocycles. The van der Waals surface area contributed by atoms with E-state index in [1.165, 1.54) is 36.0 Å². The molecule has 0 aromatic heterocycles. The molecule has 136 valence electrons. The van der Waals surface area contributed by atoms with Gasteiger partial charge in [-0.05, 0) is 45.6 Å². The second kappa shape index (κ2) is 14.1. The van der Waals surface area contributed by atoms with Crippen molar-refractivity contribution in [1.82, 2.24) is 5.32 Å². The average molecular weight is 338 g/mol. The normalized spacial score (nSPS) is 10.3. The number of unbranched alkanes of at least 4 members (excludes halogenated alkanes) is 2. The monoisotopic (exact) mass is 337 g/mol. The Morgan fingerprint density at radius 1 is 1.00 bits per heavy atom. The number of aryl methyl sites for hydroxylation is 1. The van der Waals surface area contributed by atoms with Gasteiger partial charge in [0.1, 0.15) is 0 Å². The molecule has 0 amide bonds. The van der Waals surface area contributed by atoms with Crippen molar-refractivity contribution in [1.29, 1.82) is 0 Å². The smallest absolute Gasteiger partial charge is 0.0340 e. The van der Waals surface area contributed by atoms with Crippen LogP contribution < -0.4 is 5.32 Å². The first-order valence-corrected chi connectivity index (χ1v) is 8.96. The van der Waals surface area contributed by atoms with Gasteiger partial charge < -0.3 is 5.32 Å². The molecule has 0 heterocycles. The van der Waals surface area contributed by atoms with Gasteiger partial charge in [-0.25, -0.2) is 0 Å². The quantitative estimate of drug-likeness (QED) is 0.275. The van der Waals surface area contributed by atoms with E-state index in [1.54, 1.807) is 12.2 Å². The van der Waals surface area contributed by atoms with Crippen LogP contribution >= 0.6 is 0 Å². The second-order valence-electron chi connectivity index (χ2n) is 6.39. The summed E-state index contributed by atoms with van der Waals surface area (Å²) in [5.41, 5.74) is 5.92. The maximum atomic E-state index is 4.08. The van der Waals surface area contributed by atoms with Crippen molar-refractivity contribution >= 4 is 5.70 Å². The highest BCUT2D eigenvalue weighted by Gasteiger charge is 1.97. The van der Waals surface area contributed by atoms with Crippen molar-refractivity contribution in [2.75, 3.05) is 6.54 Å². The molecule has 0 unspecified atom stereocenters.